The second-order valence-electron chi connectivity index (χ2n) is 5.05. The first-order valence-corrected chi connectivity index (χ1v) is 6.67. The molecule has 2 aliphatic heterocycles. The molecular formula is C13H20N2O2. The van der Waals surface area contributed by atoms with Crippen LogP contribution >= 0.6 is 0 Å². The monoisotopic (exact) mass is 236 g/mol. The van der Waals surface area contributed by atoms with E-state index in [0.29, 0.717) is 12.0 Å². The lowest BCUT2D eigenvalue weighted by Gasteiger charge is -2.19. The van der Waals surface area contributed by atoms with Crippen molar-refractivity contribution in [1.82, 2.24) is 10.3 Å². The van der Waals surface area contributed by atoms with E-state index < -0.39 is 0 Å². The predicted molar refractivity (Wildman–Crippen MR) is 64.0 cm³/mol. The highest BCUT2D eigenvalue weighted by molar-refractivity contribution is 5.06. The molecule has 0 aromatic carbocycles. The van der Waals surface area contributed by atoms with E-state index >= 15 is 0 Å². The maximum atomic E-state index is 5.59. The van der Waals surface area contributed by atoms with Gasteiger partial charge in [-0.25, -0.2) is 4.98 Å². The van der Waals surface area contributed by atoms with Gasteiger partial charge in [0, 0.05) is 31.6 Å². The van der Waals surface area contributed by atoms with Crippen LogP contribution < -0.4 is 5.32 Å². The molecule has 2 aliphatic rings. The minimum Gasteiger partial charge on any atom is -0.449 e. The minimum atomic E-state index is 0.540. The predicted octanol–water partition coefficient (Wildman–Crippen LogP) is 1.86. The zero-order valence-electron chi connectivity index (χ0n) is 10.2. The molecule has 17 heavy (non-hydrogen) atoms. The molecule has 94 valence electrons. The van der Waals surface area contributed by atoms with E-state index in [1.165, 1.54) is 12.8 Å². The van der Waals surface area contributed by atoms with Gasteiger partial charge in [-0.05, 0) is 32.2 Å². The van der Waals surface area contributed by atoms with Crippen LogP contribution in [-0.2, 0) is 11.2 Å². The third-order valence-corrected chi connectivity index (χ3v) is 3.79. The Labute approximate surface area is 102 Å². The summed E-state index contributed by atoms with van der Waals surface area (Å²) in [7, 11) is 0. The number of ether oxygens (including phenoxy) is 1. The fraction of sp³-hybridized carbons (Fsp3) is 0.769. The van der Waals surface area contributed by atoms with E-state index in [4.69, 9.17) is 9.15 Å². The highest BCUT2D eigenvalue weighted by Gasteiger charge is 2.21. The van der Waals surface area contributed by atoms with Crippen molar-refractivity contribution >= 4 is 0 Å². The summed E-state index contributed by atoms with van der Waals surface area (Å²) >= 11 is 0. The van der Waals surface area contributed by atoms with Gasteiger partial charge in [0.1, 0.15) is 6.26 Å². The van der Waals surface area contributed by atoms with E-state index in [2.05, 4.69) is 10.3 Å². The fourth-order valence-corrected chi connectivity index (χ4v) is 2.74. The molecule has 1 atom stereocenters. The van der Waals surface area contributed by atoms with Crippen LogP contribution in [0.2, 0.25) is 0 Å². The highest BCUT2D eigenvalue weighted by Crippen LogP contribution is 2.26. The van der Waals surface area contributed by atoms with Gasteiger partial charge >= 0.3 is 0 Å². The van der Waals surface area contributed by atoms with Crippen molar-refractivity contribution in [3.8, 4) is 0 Å². The van der Waals surface area contributed by atoms with Gasteiger partial charge in [-0.15, -0.1) is 0 Å². The largest absolute Gasteiger partial charge is 0.449 e. The molecule has 4 nitrogen and oxygen atoms in total. The zero-order chi connectivity index (χ0) is 11.5. The van der Waals surface area contributed by atoms with Crippen LogP contribution in [0.3, 0.4) is 0 Å². The Morgan fingerprint density at radius 1 is 1.29 bits per heavy atom. The quantitative estimate of drug-likeness (QED) is 0.870. The molecule has 0 aliphatic carbocycles. The molecule has 3 rings (SSSR count). The van der Waals surface area contributed by atoms with Gasteiger partial charge < -0.3 is 14.5 Å². The molecule has 0 saturated carbocycles. The van der Waals surface area contributed by atoms with E-state index in [-0.39, 0.29) is 0 Å². The van der Waals surface area contributed by atoms with Gasteiger partial charge in [0.05, 0.1) is 5.69 Å². The third-order valence-electron chi connectivity index (χ3n) is 3.79. The number of hydrogen-bond acceptors (Lipinski definition) is 4. The highest BCUT2D eigenvalue weighted by atomic mass is 16.5. The van der Waals surface area contributed by atoms with Crippen molar-refractivity contribution in [1.29, 1.82) is 0 Å². The summed E-state index contributed by atoms with van der Waals surface area (Å²) in [6.07, 6.45) is 7.46. The Morgan fingerprint density at radius 3 is 2.94 bits per heavy atom. The van der Waals surface area contributed by atoms with Crippen molar-refractivity contribution in [2.24, 2.45) is 0 Å². The first kappa shape index (κ1) is 11.2. The lowest BCUT2D eigenvalue weighted by atomic mass is 9.97. The van der Waals surface area contributed by atoms with E-state index in [0.717, 1.165) is 50.6 Å². The van der Waals surface area contributed by atoms with Crippen LogP contribution in [0.25, 0.3) is 0 Å². The molecule has 3 heterocycles. The number of nitrogens with zero attached hydrogens (tertiary/aromatic N) is 1. The summed E-state index contributed by atoms with van der Waals surface area (Å²) in [5.41, 5.74) is 1.13. The van der Waals surface area contributed by atoms with Gasteiger partial charge in [0.15, 0.2) is 5.89 Å². The molecule has 1 unspecified atom stereocenters. The number of nitrogens with one attached hydrogen (secondary N) is 1. The van der Waals surface area contributed by atoms with Crippen LogP contribution in [0.5, 0.6) is 0 Å². The molecule has 1 N–H and O–H groups in total. The van der Waals surface area contributed by atoms with Crippen LogP contribution in [0.4, 0.5) is 0 Å². The summed E-state index contributed by atoms with van der Waals surface area (Å²) in [4.78, 5) is 4.64. The van der Waals surface area contributed by atoms with E-state index in [1.807, 2.05) is 6.26 Å². The lowest BCUT2D eigenvalue weighted by molar-refractivity contribution is 0.0845. The Balaban J connectivity index is 1.60. The molecule has 1 aromatic heterocycles. The van der Waals surface area contributed by atoms with Crippen LogP contribution in [0, 0.1) is 0 Å². The van der Waals surface area contributed by atoms with Gasteiger partial charge in [0.2, 0.25) is 0 Å². The molecule has 2 saturated heterocycles. The molecule has 1 aromatic rings. The standard InChI is InChI=1S/C13H20N2O2/c1-2-11(14-5-1)8-13-15-12(9-17-13)10-3-6-16-7-4-10/h9-11,14H,1-8H2. The lowest BCUT2D eigenvalue weighted by Crippen LogP contribution is -2.23. The molecule has 0 bridgehead atoms. The van der Waals surface area contributed by atoms with Crippen molar-refractivity contribution < 1.29 is 9.15 Å². The summed E-state index contributed by atoms with van der Waals surface area (Å²) in [6.45, 7) is 2.85. The van der Waals surface area contributed by atoms with Crippen LogP contribution in [0.15, 0.2) is 10.7 Å². The molecule has 4 heteroatoms. The first-order valence-electron chi connectivity index (χ1n) is 6.67. The minimum absolute atomic E-state index is 0.540. The third kappa shape index (κ3) is 2.69. The smallest absolute Gasteiger partial charge is 0.195 e. The van der Waals surface area contributed by atoms with Gasteiger partial charge in [-0.2, -0.15) is 0 Å². The normalized spacial score (nSPS) is 26.5. The average molecular weight is 236 g/mol. The van der Waals surface area contributed by atoms with E-state index in [9.17, 15) is 0 Å². The summed E-state index contributed by atoms with van der Waals surface area (Å²) < 4.78 is 11.0. The number of aromatic nitrogens is 1. The second kappa shape index (κ2) is 5.19. The van der Waals surface area contributed by atoms with Gasteiger partial charge in [-0.3, -0.25) is 0 Å². The van der Waals surface area contributed by atoms with Gasteiger partial charge in [0.25, 0.3) is 0 Å². The fourth-order valence-electron chi connectivity index (χ4n) is 2.74. The molecular weight excluding hydrogens is 216 g/mol. The summed E-state index contributed by atoms with van der Waals surface area (Å²) in [5, 5.41) is 3.47. The number of oxazole rings is 1. The van der Waals surface area contributed by atoms with Gasteiger partial charge in [-0.1, -0.05) is 0 Å². The number of rotatable bonds is 3. The Hall–Kier alpha value is -0.870. The number of hydrogen-bond donors (Lipinski definition) is 1. The van der Waals surface area contributed by atoms with Crippen LogP contribution in [-0.4, -0.2) is 30.8 Å². The molecule has 2 fully saturated rings. The Kier molecular flexibility index (Phi) is 3.43. The van der Waals surface area contributed by atoms with Crippen LogP contribution in [0.1, 0.15) is 43.2 Å². The maximum Gasteiger partial charge on any atom is 0.195 e. The average Bonchev–Trinajstić information content (AvgIpc) is 3.02. The van der Waals surface area contributed by atoms with E-state index in [1.54, 1.807) is 0 Å². The van der Waals surface area contributed by atoms with Crippen molar-refractivity contribution in [2.45, 2.75) is 44.1 Å². The summed E-state index contributed by atoms with van der Waals surface area (Å²) in [5.74, 6) is 1.43. The van der Waals surface area contributed by atoms with Crippen molar-refractivity contribution in [2.75, 3.05) is 19.8 Å². The maximum absolute atomic E-state index is 5.59. The molecule has 0 amide bonds. The van der Waals surface area contributed by atoms with Crippen molar-refractivity contribution in [3.05, 3.63) is 17.8 Å². The molecule has 0 radical (unpaired) electrons. The zero-order valence-corrected chi connectivity index (χ0v) is 10.2. The molecule has 0 spiro atoms. The first-order chi connectivity index (χ1) is 8.42. The Morgan fingerprint density at radius 2 is 2.18 bits per heavy atom. The topological polar surface area (TPSA) is 47.3 Å². The summed E-state index contributed by atoms with van der Waals surface area (Å²) in [6, 6.07) is 0.566. The van der Waals surface area contributed by atoms with Crippen molar-refractivity contribution in [3.63, 3.8) is 0 Å². The second-order valence-corrected chi connectivity index (χ2v) is 5.05. The SMILES string of the molecule is c1oc(CC2CCCN2)nc1C1CCOCC1. The Bertz CT molecular complexity index is 352.